The zero-order valence-electron chi connectivity index (χ0n) is 12.1. The minimum atomic E-state index is -0.751. The van der Waals surface area contributed by atoms with Crippen LogP contribution >= 0.6 is 0 Å². The van der Waals surface area contributed by atoms with Gasteiger partial charge in [0.05, 0.1) is 12.3 Å². The van der Waals surface area contributed by atoms with Crippen LogP contribution in [-0.2, 0) is 20.4 Å². The lowest BCUT2D eigenvalue weighted by molar-refractivity contribution is -0.148. The molecule has 0 saturated carbocycles. The highest BCUT2D eigenvalue weighted by atomic mass is 16.5. The third kappa shape index (κ3) is 3.06. The van der Waals surface area contributed by atoms with Crippen molar-refractivity contribution in [3.8, 4) is 0 Å². The molecule has 0 radical (unpaired) electrons. The number of ether oxygens (including phenoxy) is 1. The molecule has 1 aromatic heterocycles. The molecule has 0 saturated heterocycles. The van der Waals surface area contributed by atoms with Gasteiger partial charge < -0.3 is 4.74 Å². The molecule has 0 atom stereocenters. The Morgan fingerprint density at radius 3 is 2.22 bits per heavy atom. The fourth-order valence-corrected chi connectivity index (χ4v) is 1.53. The molecule has 18 heavy (non-hydrogen) atoms. The van der Waals surface area contributed by atoms with Crippen molar-refractivity contribution in [2.24, 2.45) is 0 Å². The van der Waals surface area contributed by atoms with E-state index in [-0.39, 0.29) is 11.4 Å². The number of hydrogen-bond acceptors (Lipinski definition) is 4. The summed E-state index contributed by atoms with van der Waals surface area (Å²) >= 11 is 0. The van der Waals surface area contributed by atoms with Crippen LogP contribution in [0.15, 0.2) is 12.4 Å². The molecule has 0 amide bonds. The first-order valence-corrected chi connectivity index (χ1v) is 6.19. The Kier molecular flexibility index (Phi) is 4.09. The molecule has 100 valence electrons. The molecule has 0 spiro atoms. The van der Waals surface area contributed by atoms with Gasteiger partial charge in [-0.2, -0.15) is 0 Å². The van der Waals surface area contributed by atoms with Gasteiger partial charge in [-0.3, -0.25) is 4.79 Å². The van der Waals surface area contributed by atoms with E-state index in [0.717, 1.165) is 5.69 Å². The van der Waals surface area contributed by atoms with Crippen LogP contribution < -0.4 is 0 Å². The van der Waals surface area contributed by atoms with Crippen LogP contribution in [0.3, 0.4) is 0 Å². The molecule has 0 unspecified atom stereocenters. The Hall–Kier alpha value is -1.45. The second kappa shape index (κ2) is 5.04. The van der Waals surface area contributed by atoms with Crippen LogP contribution in [0, 0.1) is 0 Å². The molecule has 4 nitrogen and oxygen atoms in total. The Labute approximate surface area is 109 Å². The van der Waals surface area contributed by atoms with Gasteiger partial charge in [0.15, 0.2) is 0 Å². The van der Waals surface area contributed by atoms with Crippen LogP contribution in [0.25, 0.3) is 0 Å². The molecule has 0 fully saturated rings. The monoisotopic (exact) mass is 250 g/mol. The fourth-order valence-electron chi connectivity index (χ4n) is 1.53. The Balaban J connectivity index is 3.13. The quantitative estimate of drug-likeness (QED) is 0.774. The summed E-state index contributed by atoms with van der Waals surface area (Å²) in [5, 5.41) is 0. The van der Waals surface area contributed by atoms with Gasteiger partial charge in [-0.15, -0.1) is 0 Å². The molecular weight excluding hydrogens is 228 g/mol. The number of hydrogen-bond donors (Lipinski definition) is 0. The Bertz CT molecular complexity index is 434. The van der Waals surface area contributed by atoms with E-state index in [1.54, 1.807) is 6.92 Å². The average Bonchev–Trinajstić information content (AvgIpc) is 2.28. The molecule has 0 aliphatic heterocycles. The number of nitrogens with zero attached hydrogens (tertiary/aromatic N) is 2. The van der Waals surface area contributed by atoms with Gasteiger partial charge in [0.1, 0.15) is 11.7 Å². The number of carbonyl (C=O) groups excluding carboxylic acids is 1. The van der Waals surface area contributed by atoms with Crippen molar-refractivity contribution in [2.75, 3.05) is 6.61 Å². The second-order valence-electron chi connectivity index (χ2n) is 5.88. The molecule has 0 aliphatic rings. The van der Waals surface area contributed by atoms with Crippen LogP contribution in [0.1, 0.15) is 52.9 Å². The van der Waals surface area contributed by atoms with E-state index >= 15 is 0 Å². The lowest BCUT2D eigenvalue weighted by atomic mass is 9.85. The van der Waals surface area contributed by atoms with Crippen molar-refractivity contribution >= 4 is 5.97 Å². The first-order valence-electron chi connectivity index (χ1n) is 6.19. The highest BCUT2D eigenvalue weighted by Gasteiger charge is 2.33. The van der Waals surface area contributed by atoms with Crippen molar-refractivity contribution in [1.82, 2.24) is 9.97 Å². The van der Waals surface area contributed by atoms with Gasteiger partial charge in [-0.1, -0.05) is 20.8 Å². The third-order valence-electron chi connectivity index (χ3n) is 2.86. The van der Waals surface area contributed by atoms with E-state index in [4.69, 9.17) is 4.74 Å². The summed E-state index contributed by atoms with van der Waals surface area (Å²) in [7, 11) is 0. The molecule has 0 aliphatic carbocycles. The lowest BCUT2D eigenvalue weighted by Crippen LogP contribution is -2.32. The zero-order valence-corrected chi connectivity index (χ0v) is 12.1. The van der Waals surface area contributed by atoms with Crippen molar-refractivity contribution < 1.29 is 9.53 Å². The van der Waals surface area contributed by atoms with Crippen LogP contribution in [0.2, 0.25) is 0 Å². The predicted molar refractivity (Wildman–Crippen MR) is 70.4 cm³/mol. The fraction of sp³-hybridized carbons (Fsp3) is 0.643. The van der Waals surface area contributed by atoms with Crippen molar-refractivity contribution in [2.45, 2.75) is 52.4 Å². The van der Waals surface area contributed by atoms with E-state index in [9.17, 15) is 4.79 Å². The summed E-state index contributed by atoms with van der Waals surface area (Å²) in [5.41, 5.74) is 0.798. The molecular formula is C14H22N2O2. The smallest absolute Gasteiger partial charge is 0.317 e. The molecule has 0 aromatic carbocycles. The molecule has 1 rings (SSSR count). The van der Waals surface area contributed by atoms with E-state index in [0.29, 0.717) is 12.3 Å². The summed E-state index contributed by atoms with van der Waals surface area (Å²) in [5.74, 6) is -0.261. The lowest BCUT2D eigenvalue weighted by Gasteiger charge is -2.24. The summed E-state index contributed by atoms with van der Waals surface area (Å²) in [6, 6.07) is 1.89. The van der Waals surface area contributed by atoms with Crippen LogP contribution in [0.4, 0.5) is 0 Å². The van der Waals surface area contributed by atoms with E-state index in [1.165, 1.54) is 6.33 Å². The van der Waals surface area contributed by atoms with E-state index in [2.05, 4.69) is 30.7 Å². The number of rotatable bonds is 3. The Morgan fingerprint density at radius 1 is 1.17 bits per heavy atom. The van der Waals surface area contributed by atoms with Crippen molar-refractivity contribution in [3.05, 3.63) is 23.8 Å². The third-order valence-corrected chi connectivity index (χ3v) is 2.86. The van der Waals surface area contributed by atoms with E-state index < -0.39 is 5.41 Å². The summed E-state index contributed by atoms with van der Waals surface area (Å²) in [6.07, 6.45) is 1.51. The van der Waals surface area contributed by atoms with Gasteiger partial charge in [-0.25, -0.2) is 9.97 Å². The summed E-state index contributed by atoms with van der Waals surface area (Å²) in [6.45, 7) is 12.1. The van der Waals surface area contributed by atoms with Gasteiger partial charge in [-0.05, 0) is 26.8 Å². The molecule has 1 heterocycles. The molecule has 1 aromatic rings. The minimum absolute atomic E-state index is 0.0670. The first-order chi connectivity index (χ1) is 8.19. The first kappa shape index (κ1) is 14.6. The predicted octanol–water partition coefficient (Wildman–Crippen LogP) is 2.61. The van der Waals surface area contributed by atoms with Crippen LogP contribution in [-0.4, -0.2) is 22.5 Å². The maximum absolute atomic E-state index is 11.9. The van der Waals surface area contributed by atoms with E-state index in [1.807, 2.05) is 19.9 Å². The SMILES string of the molecule is CCOC(=O)C(C)(C)c1cc(C(C)(C)C)ncn1. The number of carbonyl (C=O) groups is 1. The largest absolute Gasteiger partial charge is 0.465 e. The van der Waals surface area contributed by atoms with Crippen LogP contribution in [0.5, 0.6) is 0 Å². The highest BCUT2D eigenvalue weighted by Crippen LogP contribution is 2.26. The standard InChI is InChI=1S/C14H22N2O2/c1-7-18-12(17)14(5,6)11-8-10(13(2,3)4)15-9-16-11/h8-9H,7H2,1-6H3. The van der Waals surface area contributed by atoms with Crippen molar-refractivity contribution in [3.63, 3.8) is 0 Å². The normalized spacial score (nSPS) is 12.3. The van der Waals surface area contributed by atoms with Gasteiger partial charge in [0.2, 0.25) is 0 Å². The minimum Gasteiger partial charge on any atom is -0.465 e. The maximum atomic E-state index is 11.9. The topological polar surface area (TPSA) is 52.1 Å². The average molecular weight is 250 g/mol. The number of esters is 1. The van der Waals surface area contributed by atoms with Gasteiger partial charge >= 0.3 is 5.97 Å². The van der Waals surface area contributed by atoms with Crippen molar-refractivity contribution in [1.29, 1.82) is 0 Å². The maximum Gasteiger partial charge on any atom is 0.317 e. The summed E-state index contributed by atoms with van der Waals surface area (Å²) < 4.78 is 5.09. The molecule has 0 bridgehead atoms. The molecule has 4 heteroatoms. The number of aromatic nitrogens is 2. The second-order valence-corrected chi connectivity index (χ2v) is 5.88. The zero-order chi connectivity index (χ0) is 14.0. The molecule has 0 N–H and O–H groups in total. The Morgan fingerprint density at radius 2 is 1.72 bits per heavy atom. The van der Waals surface area contributed by atoms with Gasteiger partial charge in [0.25, 0.3) is 0 Å². The van der Waals surface area contributed by atoms with Gasteiger partial charge in [0, 0.05) is 11.1 Å². The highest BCUT2D eigenvalue weighted by molar-refractivity contribution is 5.81. The summed E-state index contributed by atoms with van der Waals surface area (Å²) in [4.78, 5) is 20.4.